The van der Waals surface area contributed by atoms with E-state index in [0.717, 1.165) is 38.5 Å². The van der Waals surface area contributed by atoms with Gasteiger partial charge in [0.25, 0.3) is 0 Å². The molecule has 0 aromatic heterocycles. The summed E-state index contributed by atoms with van der Waals surface area (Å²) in [6.07, 6.45) is 46.8. The van der Waals surface area contributed by atoms with E-state index in [1.807, 2.05) is 0 Å². The molecule has 0 aliphatic heterocycles. The van der Waals surface area contributed by atoms with Gasteiger partial charge < -0.3 is 25.7 Å². The van der Waals surface area contributed by atoms with Gasteiger partial charge in [-0.25, -0.2) is 0 Å². The van der Waals surface area contributed by atoms with E-state index in [0.29, 0.717) is 12.8 Å². The quantitative estimate of drug-likeness (QED) is 0.0315. The van der Waals surface area contributed by atoms with Crippen LogP contribution in [0.25, 0.3) is 0 Å². The van der Waals surface area contributed by atoms with Gasteiger partial charge in [0.1, 0.15) is 12.2 Å². The molecule has 0 aliphatic carbocycles. The molecule has 6 nitrogen and oxygen atoms in total. The lowest BCUT2D eigenvalue weighted by atomic mass is 10.00. The van der Waals surface area contributed by atoms with Crippen molar-refractivity contribution in [3.8, 4) is 0 Å². The zero-order valence-corrected chi connectivity index (χ0v) is 35.5. The first kappa shape index (κ1) is 52.0. The average molecular weight is 752 g/mol. The summed E-state index contributed by atoms with van der Waals surface area (Å²) < 4.78 is 0. The highest BCUT2D eigenvalue weighted by Crippen LogP contribution is 2.17. The second-order valence-electron chi connectivity index (χ2n) is 16.5. The van der Waals surface area contributed by atoms with Crippen molar-refractivity contribution in [2.45, 2.75) is 276 Å². The Hall–Kier alpha value is -0.950. The number of rotatable bonds is 43. The van der Waals surface area contributed by atoms with Gasteiger partial charge in [-0.2, -0.15) is 0 Å². The van der Waals surface area contributed by atoms with Crippen LogP contribution in [0.3, 0.4) is 0 Å². The number of hydrogen-bond acceptors (Lipinski definition) is 5. The fraction of sp³-hybridized carbons (Fsp3) is 0.936. The molecule has 0 bridgehead atoms. The van der Waals surface area contributed by atoms with Crippen LogP contribution in [0.5, 0.6) is 0 Å². The van der Waals surface area contributed by atoms with E-state index < -0.39 is 36.9 Å². The maximum Gasteiger partial charge on any atom is 0.249 e. The molecule has 4 atom stereocenters. The van der Waals surface area contributed by atoms with Crippen molar-refractivity contribution in [3.05, 3.63) is 12.2 Å². The van der Waals surface area contributed by atoms with Crippen LogP contribution in [0.4, 0.5) is 0 Å². The number of allylic oxidation sites excluding steroid dienone is 2. The molecule has 5 N–H and O–H groups in total. The molecule has 0 aromatic carbocycles. The standard InChI is InChI=1S/C47H93NO5/c1-3-5-7-9-11-13-15-17-19-21-22-23-24-25-27-28-30-32-34-36-38-40-44(50)46(52)43(42-49)48-47(53)45(51)41-39-37-35-33-31-29-26-20-18-16-14-12-10-8-6-4-2/h32,34,43-46,49-52H,3-31,33,35-42H2,1-2H3,(H,48,53)/b34-32+. The lowest BCUT2D eigenvalue weighted by Crippen LogP contribution is -2.53. The van der Waals surface area contributed by atoms with Gasteiger partial charge in [0.15, 0.2) is 0 Å². The third-order valence-electron chi connectivity index (χ3n) is 11.2. The second kappa shape index (κ2) is 42.2. The van der Waals surface area contributed by atoms with Crippen LogP contribution in [-0.4, -0.2) is 57.3 Å². The van der Waals surface area contributed by atoms with Gasteiger partial charge >= 0.3 is 0 Å². The topological polar surface area (TPSA) is 110 Å². The number of nitrogens with one attached hydrogen (secondary N) is 1. The van der Waals surface area contributed by atoms with Gasteiger partial charge in [-0.05, 0) is 38.5 Å². The highest BCUT2D eigenvalue weighted by atomic mass is 16.3. The number of hydrogen-bond donors (Lipinski definition) is 5. The number of aliphatic hydroxyl groups excluding tert-OH is 4. The Bertz CT molecular complexity index is 761. The molecule has 0 saturated carbocycles. The van der Waals surface area contributed by atoms with Crippen molar-refractivity contribution in [2.75, 3.05) is 6.61 Å². The van der Waals surface area contributed by atoms with Crippen molar-refractivity contribution in [2.24, 2.45) is 0 Å². The molecule has 316 valence electrons. The van der Waals surface area contributed by atoms with Gasteiger partial charge in [0.2, 0.25) is 5.91 Å². The first-order chi connectivity index (χ1) is 26.0. The third kappa shape index (κ3) is 36.4. The van der Waals surface area contributed by atoms with Crippen LogP contribution in [0.2, 0.25) is 0 Å². The van der Waals surface area contributed by atoms with Gasteiger partial charge in [-0.1, -0.05) is 225 Å². The molecular formula is C47H93NO5. The molecule has 0 fully saturated rings. The minimum absolute atomic E-state index is 0.368. The number of aliphatic hydroxyl groups is 4. The lowest BCUT2D eigenvalue weighted by molar-refractivity contribution is -0.132. The summed E-state index contributed by atoms with van der Waals surface area (Å²) in [4.78, 5) is 12.5. The highest BCUT2D eigenvalue weighted by Gasteiger charge is 2.28. The van der Waals surface area contributed by atoms with E-state index in [-0.39, 0.29) is 0 Å². The Morgan fingerprint density at radius 2 is 0.774 bits per heavy atom. The summed E-state index contributed by atoms with van der Waals surface area (Å²) in [5, 5.41) is 43.7. The minimum atomic E-state index is -1.28. The summed E-state index contributed by atoms with van der Waals surface area (Å²) in [6.45, 7) is 4.06. The van der Waals surface area contributed by atoms with Gasteiger partial charge in [0, 0.05) is 0 Å². The normalized spacial score (nSPS) is 14.2. The third-order valence-corrected chi connectivity index (χ3v) is 11.2. The lowest BCUT2D eigenvalue weighted by Gasteiger charge is -2.27. The van der Waals surface area contributed by atoms with E-state index in [1.165, 1.54) is 186 Å². The van der Waals surface area contributed by atoms with Crippen LogP contribution in [-0.2, 0) is 4.79 Å². The second-order valence-corrected chi connectivity index (χ2v) is 16.5. The molecule has 6 heteroatoms. The van der Waals surface area contributed by atoms with Crippen molar-refractivity contribution in [3.63, 3.8) is 0 Å². The average Bonchev–Trinajstić information content (AvgIpc) is 3.16. The molecule has 0 rings (SSSR count). The molecule has 0 aliphatic rings. The monoisotopic (exact) mass is 752 g/mol. The van der Waals surface area contributed by atoms with Gasteiger partial charge in [0.05, 0.1) is 18.8 Å². The molecule has 0 spiro atoms. The predicted octanol–water partition coefficient (Wildman–Crippen LogP) is 12.6. The van der Waals surface area contributed by atoms with Crippen LogP contribution >= 0.6 is 0 Å². The van der Waals surface area contributed by atoms with Crippen LogP contribution in [0.15, 0.2) is 12.2 Å². The summed E-state index contributed by atoms with van der Waals surface area (Å²) in [5.74, 6) is -0.590. The molecular weight excluding hydrogens is 659 g/mol. The van der Waals surface area contributed by atoms with Gasteiger partial charge in [-0.3, -0.25) is 4.79 Å². The summed E-state index contributed by atoms with van der Waals surface area (Å²) >= 11 is 0. The van der Waals surface area contributed by atoms with Gasteiger partial charge in [-0.15, -0.1) is 0 Å². The summed E-state index contributed by atoms with van der Waals surface area (Å²) in [5.41, 5.74) is 0. The number of carbonyl (C=O) groups is 1. The van der Waals surface area contributed by atoms with E-state index in [2.05, 4.69) is 31.3 Å². The zero-order valence-electron chi connectivity index (χ0n) is 35.5. The van der Waals surface area contributed by atoms with E-state index in [9.17, 15) is 25.2 Å². The first-order valence-electron chi connectivity index (χ1n) is 23.6. The predicted molar refractivity (Wildman–Crippen MR) is 228 cm³/mol. The molecule has 0 saturated heterocycles. The van der Waals surface area contributed by atoms with Crippen molar-refractivity contribution >= 4 is 5.91 Å². The van der Waals surface area contributed by atoms with E-state index in [4.69, 9.17) is 0 Å². The Labute approximate surface area is 330 Å². The molecule has 0 aromatic rings. The number of unbranched alkanes of at least 4 members (excludes halogenated alkanes) is 32. The van der Waals surface area contributed by atoms with Crippen molar-refractivity contribution < 1.29 is 25.2 Å². The molecule has 1 amide bonds. The fourth-order valence-electron chi connectivity index (χ4n) is 7.46. The Balaban J connectivity index is 3.72. The highest BCUT2D eigenvalue weighted by molar-refractivity contribution is 5.80. The van der Waals surface area contributed by atoms with Crippen LogP contribution in [0, 0.1) is 0 Å². The van der Waals surface area contributed by atoms with Crippen LogP contribution < -0.4 is 5.32 Å². The SMILES string of the molecule is CCCCCCCCCCCCCCCCCC/C=C/CCCC(O)C(O)C(CO)NC(=O)C(O)CCCCCCCCCCCCCCCCCC. The minimum Gasteiger partial charge on any atom is -0.394 e. The zero-order chi connectivity index (χ0) is 38.9. The van der Waals surface area contributed by atoms with Crippen molar-refractivity contribution in [1.29, 1.82) is 0 Å². The maximum atomic E-state index is 12.5. The smallest absolute Gasteiger partial charge is 0.249 e. The largest absolute Gasteiger partial charge is 0.394 e. The Morgan fingerprint density at radius 1 is 0.453 bits per heavy atom. The molecule has 53 heavy (non-hydrogen) atoms. The number of amides is 1. The first-order valence-corrected chi connectivity index (χ1v) is 23.6. The van der Waals surface area contributed by atoms with E-state index >= 15 is 0 Å². The van der Waals surface area contributed by atoms with E-state index in [1.54, 1.807) is 0 Å². The number of carbonyl (C=O) groups excluding carboxylic acids is 1. The molecule has 4 unspecified atom stereocenters. The van der Waals surface area contributed by atoms with Crippen molar-refractivity contribution in [1.82, 2.24) is 5.32 Å². The maximum absolute atomic E-state index is 12.5. The summed E-state index contributed by atoms with van der Waals surface area (Å²) in [6, 6.07) is -0.997. The molecule has 0 heterocycles. The Morgan fingerprint density at radius 3 is 1.13 bits per heavy atom. The van der Waals surface area contributed by atoms with Crippen LogP contribution in [0.1, 0.15) is 251 Å². The molecule has 0 radical (unpaired) electrons. The summed E-state index contributed by atoms with van der Waals surface area (Å²) in [7, 11) is 0. The Kier molecular flexibility index (Phi) is 41.4. The fourth-order valence-corrected chi connectivity index (χ4v) is 7.46.